The number of hydrogen-bond acceptors (Lipinski definition) is 5. The topological polar surface area (TPSA) is 73.9 Å². The van der Waals surface area contributed by atoms with Crippen LogP contribution in [0, 0.1) is 5.82 Å². The second-order valence-electron chi connectivity index (χ2n) is 7.53. The molecule has 7 nitrogen and oxygen atoms in total. The van der Waals surface area contributed by atoms with E-state index < -0.39 is 11.8 Å². The van der Waals surface area contributed by atoms with E-state index in [1.807, 2.05) is 6.92 Å². The highest BCUT2D eigenvalue weighted by molar-refractivity contribution is 6.39. The number of ether oxygens (including phenoxy) is 1. The van der Waals surface area contributed by atoms with Crippen molar-refractivity contribution in [3.05, 3.63) is 59.9 Å². The van der Waals surface area contributed by atoms with Crippen LogP contribution in [0.15, 0.2) is 48.5 Å². The Labute approximate surface area is 182 Å². The molecule has 0 saturated carbocycles. The lowest BCUT2D eigenvalue weighted by atomic mass is 10.0. The summed E-state index contributed by atoms with van der Waals surface area (Å²) in [7, 11) is 2.07. The average molecular weight is 429 g/mol. The molecular weight excluding hydrogens is 399 g/mol. The highest BCUT2D eigenvalue weighted by Crippen LogP contribution is 2.22. The molecule has 1 heterocycles. The van der Waals surface area contributed by atoms with E-state index in [-0.39, 0.29) is 18.4 Å². The van der Waals surface area contributed by atoms with Gasteiger partial charge in [0.15, 0.2) is 0 Å². The van der Waals surface area contributed by atoms with Crippen molar-refractivity contribution in [2.24, 2.45) is 0 Å². The maximum absolute atomic E-state index is 13.4. The summed E-state index contributed by atoms with van der Waals surface area (Å²) < 4.78 is 18.8. The molecule has 31 heavy (non-hydrogen) atoms. The molecule has 0 spiro atoms. The predicted molar refractivity (Wildman–Crippen MR) is 117 cm³/mol. The number of hydrogen-bond donors (Lipinski definition) is 2. The largest absolute Gasteiger partial charge is 0.494 e. The predicted octanol–water partition coefficient (Wildman–Crippen LogP) is 2.27. The Morgan fingerprint density at radius 2 is 1.65 bits per heavy atom. The molecule has 0 bridgehead atoms. The van der Waals surface area contributed by atoms with E-state index in [0.29, 0.717) is 18.0 Å². The minimum Gasteiger partial charge on any atom is -0.494 e. The lowest BCUT2D eigenvalue weighted by molar-refractivity contribution is -0.136. The molecule has 1 atom stereocenters. The first-order valence-electron chi connectivity index (χ1n) is 10.5. The number of nitrogens with zero attached hydrogens (tertiary/aromatic N) is 2. The lowest BCUT2D eigenvalue weighted by Gasteiger charge is -2.38. The van der Waals surface area contributed by atoms with Crippen molar-refractivity contribution in [2.45, 2.75) is 13.0 Å². The van der Waals surface area contributed by atoms with Crippen LogP contribution in [0.4, 0.5) is 10.1 Å². The molecular formula is C23H29FN4O3. The Morgan fingerprint density at radius 3 is 2.26 bits per heavy atom. The molecule has 0 unspecified atom stereocenters. The van der Waals surface area contributed by atoms with Crippen molar-refractivity contribution in [3.8, 4) is 5.75 Å². The van der Waals surface area contributed by atoms with Crippen LogP contribution in [-0.4, -0.2) is 68.0 Å². The Hall–Kier alpha value is -2.97. The van der Waals surface area contributed by atoms with Gasteiger partial charge < -0.3 is 20.3 Å². The zero-order chi connectivity index (χ0) is 22.2. The van der Waals surface area contributed by atoms with E-state index in [4.69, 9.17) is 4.74 Å². The second-order valence-corrected chi connectivity index (χ2v) is 7.53. The standard InChI is InChI=1S/C23H29FN4O3/c1-3-31-20-10-8-19(9-11-20)26-23(30)22(29)25-16-21(17-4-6-18(24)7-5-17)28-14-12-27(2)13-15-28/h4-11,21H,3,12-16H2,1-2H3,(H,25,29)(H,26,30)/t21-/m0/s1. The molecule has 1 fully saturated rings. The third-order valence-electron chi connectivity index (χ3n) is 5.32. The number of halogens is 1. The molecule has 166 valence electrons. The monoisotopic (exact) mass is 428 g/mol. The number of amides is 2. The molecule has 0 radical (unpaired) electrons. The van der Waals surface area contributed by atoms with E-state index in [1.165, 1.54) is 12.1 Å². The van der Waals surface area contributed by atoms with Crippen LogP contribution in [0.5, 0.6) is 5.75 Å². The minimum absolute atomic E-state index is 0.142. The van der Waals surface area contributed by atoms with Gasteiger partial charge in [-0.1, -0.05) is 12.1 Å². The lowest BCUT2D eigenvalue weighted by Crippen LogP contribution is -2.49. The van der Waals surface area contributed by atoms with E-state index >= 15 is 0 Å². The van der Waals surface area contributed by atoms with Crippen LogP contribution in [0.25, 0.3) is 0 Å². The van der Waals surface area contributed by atoms with Gasteiger partial charge in [0.05, 0.1) is 12.6 Å². The molecule has 1 aliphatic heterocycles. The molecule has 2 aromatic carbocycles. The van der Waals surface area contributed by atoms with Crippen LogP contribution in [0.2, 0.25) is 0 Å². The van der Waals surface area contributed by atoms with Gasteiger partial charge in [0.1, 0.15) is 11.6 Å². The summed E-state index contributed by atoms with van der Waals surface area (Å²) in [4.78, 5) is 29.2. The molecule has 2 aromatic rings. The first-order chi connectivity index (χ1) is 15.0. The number of anilines is 1. The zero-order valence-electron chi connectivity index (χ0n) is 17.9. The fraction of sp³-hybridized carbons (Fsp3) is 0.391. The van der Waals surface area contributed by atoms with E-state index in [2.05, 4.69) is 27.5 Å². The Bertz CT molecular complexity index is 865. The molecule has 8 heteroatoms. The van der Waals surface area contributed by atoms with E-state index in [0.717, 1.165) is 31.7 Å². The van der Waals surface area contributed by atoms with E-state index in [9.17, 15) is 14.0 Å². The van der Waals surface area contributed by atoms with Gasteiger partial charge in [0, 0.05) is 38.4 Å². The summed E-state index contributed by atoms with van der Waals surface area (Å²) in [5.41, 5.74) is 1.41. The SMILES string of the molecule is CCOc1ccc(NC(=O)C(=O)NC[C@@H](c2ccc(F)cc2)N2CCN(C)CC2)cc1. The van der Waals surface area contributed by atoms with Gasteiger partial charge in [0.2, 0.25) is 0 Å². The molecule has 1 aliphatic rings. The van der Waals surface area contributed by atoms with Crippen molar-refractivity contribution in [1.29, 1.82) is 0 Å². The number of piperazine rings is 1. The van der Waals surface area contributed by atoms with E-state index in [1.54, 1.807) is 36.4 Å². The van der Waals surface area contributed by atoms with Gasteiger partial charge in [0.25, 0.3) is 0 Å². The van der Waals surface area contributed by atoms with Gasteiger partial charge in [-0.25, -0.2) is 4.39 Å². The van der Waals surface area contributed by atoms with Crippen LogP contribution in [0.3, 0.4) is 0 Å². The van der Waals surface area contributed by atoms with Gasteiger partial charge in [-0.2, -0.15) is 0 Å². The fourth-order valence-electron chi connectivity index (χ4n) is 3.53. The van der Waals surface area contributed by atoms with Crippen molar-refractivity contribution < 1.29 is 18.7 Å². The van der Waals surface area contributed by atoms with Crippen molar-refractivity contribution in [1.82, 2.24) is 15.1 Å². The Balaban J connectivity index is 1.60. The Morgan fingerprint density at radius 1 is 1.00 bits per heavy atom. The quantitative estimate of drug-likeness (QED) is 0.662. The van der Waals surface area contributed by atoms with Gasteiger partial charge in [-0.3, -0.25) is 14.5 Å². The smallest absolute Gasteiger partial charge is 0.313 e. The van der Waals surface area contributed by atoms with Gasteiger partial charge in [-0.05, 0) is 55.9 Å². The molecule has 2 N–H and O–H groups in total. The first-order valence-corrected chi connectivity index (χ1v) is 10.5. The number of benzene rings is 2. The summed E-state index contributed by atoms with van der Waals surface area (Å²) in [6, 6.07) is 13.0. The van der Waals surface area contributed by atoms with Gasteiger partial charge >= 0.3 is 11.8 Å². The highest BCUT2D eigenvalue weighted by Gasteiger charge is 2.25. The Kier molecular flexibility index (Phi) is 7.97. The number of rotatable bonds is 7. The van der Waals surface area contributed by atoms with Crippen LogP contribution < -0.4 is 15.4 Å². The average Bonchev–Trinajstić information content (AvgIpc) is 2.77. The third kappa shape index (κ3) is 6.50. The van der Waals surface area contributed by atoms with Crippen LogP contribution >= 0.6 is 0 Å². The van der Waals surface area contributed by atoms with Crippen molar-refractivity contribution in [2.75, 3.05) is 51.7 Å². The third-order valence-corrected chi connectivity index (χ3v) is 5.32. The molecule has 1 saturated heterocycles. The number of likely N-dealkylation sites (N-methyl/N-ethyl adjacent to an activating group) is 1. The number of carbonyl (C=O) groups excluding carboxylic acids is 2. The number of carbonyl (C=O) groups is 2. The molecule has 2 amide bonds. The summed E-state index contributed by atoms with van der Waals surface area (Å²) in [5.74, 6) is -1.06. The fourth-order valence-corrected chi connectivity index (χ4v) is 3.53. The molecule has 0 aliphatic carbocycles. The maximum atomic E-state index is 13.4. The van der Waals surface area contributed by atoms with Crippen LogP contribution in [0.1, 0.15) is 18.5 Å². The maximum Gasteiger partial charge on any atom is 0.313 e. The van der Waals surface area contributed by atoms with Crippen molar-refractivity contribution >= 4 is 17.5 Å². The summed E-state index contributed by atoms with van der Waals surface area (Å²) in [6.07, 6.45) is 0. The minimum atomic E-state index is -0.736. The van der Waals surface area contributed by atoms with Crippen LogP contribution in [-0.2, 0) is 9.59 Å². The summed E-state index contributed by atoms with van der Waals surface area (Å²) in [5, 5.41) is 5.32. The van der Waals surface area contributed by atoms with Gasteiger partial charge in [-0.15, -0.1) is 0 Å². The summed E-state index contributed by atoms with van der Waals surface area (Å²) in [6.45, 7) is 6.16. The first kappa shape index (κ1) is 22.7. The van der Waals surface area contributed by atoms with Crippen molar-refractivity contribution in [3.63, 3.8) is 0 Å². The number of nitrogens with one attached hydrogen (secondary N) is 2. The highest BCUT2D eigenvalue weighted by atomic mass is 19.1. The normalized spacial score (nSPS) is 15.8. The molecule has 0 aromatic heterocycles. The zero-order valence-corrected chi connectivity index (χ0v) is 17.9. The molecule has 3 rings (SSSR count). The second kappa shape index (κ2) is 10.9. The summed E-state index contributed by atoms with van der Waals surface area (Å²) >= 11 is 0.